The minimum absolute atomic E-state index is 0.0615. The zero-order chi connectivity index (χ0) is 24.2. The Morgan fingerprint density at radius 2 is 1.80 bits per heavy atom. The number of fused-ring (bicyclic) bond motifs is 1. The average molecular weight is 480 g/mol. The van der Waals surface area contributed by atoms with Crippen molar-refractivity contribution in [3.63, 3.8) is 0 Å². The lowest BCUT2D eigenvalue weighted by atomic mass is 9.89. The third-order valence-corrected chi connectivity index (χ3v) is 6.91. The molecule has 3 heterocycles. The van der Waals surface area contributed by atoms with E-state index in [2.05, 4.69) is 61.3 Å². The van der Waals surface area contributed by atoms with Gasteiger partial charge in [0.1, 0.15) is 0 Å². The van der Waals surface area contributed by atoms with Crippen LogP contribution in [-0.2, 0) is 16.1 Å². The first-order valence-corrected chi connectivity index (χ1v) is 12.1. The summed E-state index contributed by atoms with van der Waals surface area (Å²) in [7, 11) is 1.37. The predicted octanol–water partition coefficient (Wildman–Crippen LogP) is 0.127. The van der Waals surface area contributed by atoms with Gasteiger partial charge in [0, 0.05) is 51.0 Å². The molecule has 3 saturated heterocycles. The van der Waals surface area contributed by atoms with Crippen LogP contribution in [0.1, 0.15) is 27.7 Å². The number of hydrogen-bond acceptors (Lipinski definition) is 9. The maximum absolute atomic E-state index is 12.7. The number of hydrazine groups is 1. The van der Waals surface area contributed by atoms with Crippen LogP contribution in [-0.4, -0.2) is 68.8 Å². The van der Waals surface area contributed by atoms with Crippen molar-refractivity contribution in [3.05, 3.63) is 65.2 Å². The van der Waals surface area contributed by atoms with Crippen molar-refractivity contribution in [1.82, 2.24) is 31.7 Å². The summed E-state index contributed by atoms with van der Waals surface area (Å²) in [5, 5.41) is 14.0. The summed E-state index contributed by atoms with van der Waals surface area (Å²) in [5.74, 6) is -0.731. The van der Waals surface area contributed by atoms with E-state index in [0.717, 1.165) is 44.0 Å². The monoisotopic (exact) mass is 479 g/mol. The minimum atomic E-state index is -0.366. The number of rotatable bonds is 6. The topological polar surface area (TPSA) is 119 Å². The fraction of sp³-hybridized carbons (Fsp3) is 0.440. The molecule has 0 saturated carbocycles. The van der Waals surface area contributed by atoms with E-state index in [4.69, 9.17) is 4.74 Å². The number of esters is 1. The lowest BCUT2D eigenvalue weighted by Crippen LogP contribution is -2.71. The van der Waals surface area contributed by atoms with E-state index in [1.165, 1.54) is 12.7 Å². The predicted molar refractivity (Wildman–Crippen MR) is 132 cm³/mol. The molecule has 5 rings (SSSR count). The zero-order valence-electron chi connectivity index (χ0n) is 19.8. The first-order valence-electron chi connectivity index (χ1n) is 12.1. The lowest BCUT2D eigenvalue weighted by Gasteiger charge is -2.46. The number of piperazine rings is 1. The summed E-state index contributed by atoms with van der Waals surface area (Å²) in [5.41, 5.74) is 9.45. The Morgan fingerprint density at radius 3 is 2.51 bits per heavy atom. The standard InChI is InChI=1S/C25H33N7O3/c1-35-25(34)18-6-4-17(5-7-18)22-29-20-14-27-31-24(33)21(20)23(30-22)28-19-8-2-16(3-9-19)15-32-12-10-26-11-13-32/h2-9,20-23,26-30H,10-15H2,1H3,(H,31,33). The normalized spacial score (nSPS) is 26.9. The molecule has 4 atom stereocenters. The third-order valence-electron chi connectivity index (χ3n) is 6.91. The van der Waals surface area contributed by atoms with E-state index in [1.54, 1.807) is 12.1 Å². The molecular weight excluding hydrogens is 446 g/mol. The maximum Gasteiger partial charge on any atom is 0.337 e. The van der Waals surface area contributed by atoms with Gasteiger partial charge in [-0.1, -0.05) is 24.3 Å². The van der Waals surface area contributed by atoms with E-state index < -0.39 is 0 Å². The SMILES string of the molecule is COC(=O)c1ccc(C2NC3CNNC(=O)C3C(Nc3ccc(CN4CCNCC4)cc3)N2)cc1. The smallest absolute Gasteiger partial charge is 0.337 e. The number of nitrogens with one attached hydrogen (secondary N) is 6. The summed E-state index contributed by atoms with van der Waals surface area (Å²) in [6.07, 6.45) is -0.479. The Morgan fingerprint density at radius 1 is 1.06 bits per heavy atom. The van der Waals surface area contributed by atoms with Crippen LogP contribution in [0.3, 0.4) is 0 Å². The number of amides is 1. The minimum Gasteiger partial charge on any atom is -0.465 e. The summed E-state index contributed by atoms with van der Waals surface area (Å²) in [4.78, 5) is 27.0. The van der Waals surface area contributed by atoms with Gasteiger partial charge in [-0.25, -0.2) is 10.2 Å². The molecule has 35 heavy (non-hydrogen) atoms. The molecule has 4 unspecified atom stereocenters. The molecule has 6 N–H and O–H groups in total. The van der Waals surface area contributed by atoms with Crippen LogP contribution in [0.4, 0.5) is 5.69 Å². The van der Waals surface area contributed by atoms with Gasteiger partial charge in [0.15, 0.2) is 0 Å². The van der Waals surface area contributed by atoms with Crippen LogP contribution in [0, 0.1) is 5.92 Å². The van der Waals surface area contributed by atoms with Crippen molar-refractivity contribution in [2.75, 3.05) is 45.2 Å². The Bertz CT molecular complexity index is 1020. The van der Waals surface area contributed by atoms with Crippen molar-refractivity contribution < 1.29 is 14.3 Å². The molecule has 2 aromatic carbocycles. The van der Waals surface area contributed by atoms with Crippen LogP contribution in [0.15, 0.2) is 48.5 Å². The zero-order valence-corrected chi connectivity index (χ0v) is 19.8. The van der Waals surface area contributed by atoms with E-state index in [9.17, 15) is 9.59 Å². The number of methoxy groups -OCH3 is 1. The number of benzene rings is 2. The average Bonchev–Trinajstić information content (AvgIpc) is 2.90. The van der Waals surface area contributed by atoms with Crippen molar-refractivity contribution in [1.29, 1.82) is 0 Å². The molecule has 10 heteroatoms. The molecular formula is C25H33N7O3. The fourth-order valence-corrected chi connectivity index (χ4v) is 5.00. The van der Waals surface area contributed by atoms with Crippen molar-refractivity contribution in [2.45, 2.75) is 24.9 Å². The lowest BCUT2D eigenvalue weighted by molar-refractivity contribution is -0.131. The summed E-state index contributed by atoms with van der Waals surface area (Å²) in [6, 6.07) is 15.7. The number of nitrogens with zero attached hydrogens (tertiary/aromatic N) is 1. The molecule has 0 bridgehead atoms. The van der Waals surface area contributed by atoms with Gasteiger partial charge in [0.25, 0.3) is 0 Å². The van der Waals surface area contributed by atoms with Crippen molar-refractivity contribution in [2.24, 2.45) is 5.92 Å². The molecule has 1 amide bonds. The Balaban J connectivity index is 1.30. The Labute approximate surface area is 205 Å². The molecule has 2 aromatic rings. The van der Waals surface area contributed by atoms with Crippen molar-refractivity contribution >= 4 is 17.6 Å². The third kappa shape index (κ3) is 5.47. The van der Waals surface area contributed by atoms with E-state index in [-0.39, 0.29) is 36.2 Å². The van der Waals surface area contributed by atoms with Crippen LogP contribution < -0.4 is 32.1 Å². The van der Waals surface area contributed by atoms with Crippen LogP contribution in [0.25, 0.3) is 0 Å². The van der Waals surface area contributed by atoms with E-state index in [0.29, 0.717) is 12.1 Å². The molecule has 3 aliphatic rings. The number of ether oxygens (including phenoxy) is 1. The Kier molecular flexibility index (Phi) is 7.26. The molecule has 10 nitrogen and oxygen atoms in total. The first kappa shape index (κ1) is 23.7. The van der Waals surface area contributed by atoms with Crippen LogP contribution >= 0.6 is 0 Å². The van der Waals surface area contributed by atoms with Crippen LogP contribution in [0.5, 0.6) is 0 Å². The van der Waals surface area contributed by atoms with E-state index in [1.807, 2.05) is 12.1 Å². The van der Waals surface area contributed by atoms with Gasteiger partial charge < -0.3 is 15.4 Å². The molecule has 186 valence electrons. The number of anilines is 1. The highest BCUT2D eigenvalue weighted by Gasteiger charge is 2.44. The first-order chi connectivity index (χ1) is 17.1. The second-order valence-corrected chi connectivity index (χ2v) is 9.23. The quantitative estimate of drug-likeness (QED) is 0.321. The molecule has 0 spiro atoms. The molecule has 0 radical (unpaired) electrons. The van der Waals surface area contributed by atoms with Gasteiger partial charge in [-0.15, -0.1) is 0 Å². The van der Waals surface area contributed by atoms with Gasteiger partial charge in [0.05, 0.1) is 30.9 Å². The summed E-state index contributed by atoms with van der Waals surface area (Å²) in [6.45, 7) is 5.74. The molecule has 0 aromatic heterocycles. The largest absolute Gasteiger partial charge is 0.465 e. The number of carbonyl (C=O) groups is 2. The second kappa shape index (κ2) is 10.7. The summed E-state index contributed by atoms with van der Waals surface area (Å²) >= 11 is 0. The van der Waals surface area contributed by atoms with Gasteiger partial charge in [-0.2, -0.15) is 0 Å². The molecule has 3 aliphatic heterocycles. The van der Waals surface area contributed by atoms with Gasteiger partial charge in [-0.05, 0) is 35.4 Å². The van der Waals surface area contributed by atoms with Gasteiger partial charge in [0.2, 0.25) is 5.91 Å². The fourth-order valence-electron chi connectivity index (χ4n) is 5.00. The Hall–Kier alpha value is -3.02. The second-order valence-electron chi connectivity index (χ2n) is 9.23. The van der Waals surface area contributed by atoms with Crippen LogP contribution in [0.2, 0.25) is 0 Å². The number of hydrogen-bond donors (Lipinski definition) is 6. The highest BCUT2D eigenvalue weighted by molar-refractivity contribution is 5.89. The molecule has 0 aliphatic carbocycles. The van der Waals surface area contributed by atoms with E-state index >= 15 is 0 Å². The highest BCUT2D eigenvalue weighted by atomic mass is 16.5. The summed E-state index contributed by atoms with van der Waals surface area (Å²) < 4.78 is 4.80. The van der Waals surface area contributed by atoms with Crippen molar-refractivity contribution in [3.8, 4) is 0 Å². The maximum atomic E-state index is 12.7. The highest BCUT2D eigenvalue weighted by Crippen LogP contribution is 2.26. The van der Waals surface area contributed by atoms with Gasteiger partial charge in [-0.3, -0.25) is 25.8 Å². The number of carbonyl (C=O) groups excluding carboxylic acids is 2. The molecule has 3 fully saturated rings. The van der Waals surface area contributed by atoms with Gasteiger partial charge >= 0.3 is 5.97 Å².